The summed E-state index contributed by atoms with van der Waals surface area (Å²) in [5.74, 6) is -0.503. The van der Waals surface area contributed by atoms with Crippen LogP contribution in [0.5, 0.6) is 0 Å². The predicted octanol–water partition coefficient (Wildman–Crippen LogP) is 3.56. The number of rotatable bonds is 4. The van der Waals surface area contributed by atoms with Gasteiger partial charge in [-0.1, -0.05) is 24.3 Å². The van der Waals surface area contributed by atoms with E-state index >= 15 is 0 Å². The number of carbonyl (C=O) groups is 2. The van der Waals surface area contributed by atoms with Crippen LogP contribution in [0, 0.1) is 3.57 Å². The van der Waals surface area contributed by atoms with Crippen molar-refractivity contribution in [1.29, 1.82) is 0 Å². The van der Waals surface area contributed by atoms with E-state index in [1.54, 1.807) is 36.4 Å². The Hall–Kier alpha value is -2.00. The number of hydrogen-bond acceptors (Lipinski definition) is 3. The van der Waals surface area contributed by atoms with Crippen molar-refractivity contribution in [2.24, 2.45) is 0 Å². The Bertz CT molecular complexity index is 808. The minimum Gasteiger partial charge on any atom is -0.350 e. The molecule has 0 aliphatic heterocycles. The summed E-state index contributed by atoms with van der Waals surface area (Å²) in [5.41, 5.74) is 1.54. The lowest BCUT2D eigenvalue weighted by molar-refractivity contribution is 0.0942. The highest BCUT2D eigenvalue weighted by atomic mass is 127. The molecule has 3 N–H and O–H groups in total. The van der Waals surface area contributed by atoms with Crippen LogP contribution in [0.2, 0.25) is 0 Å². The number of anilines is 1. The molecule has 0 aromatic heterocycles. The minimum absolute atomic E-state index is 0.0207. The van der Waals surface area contributed by atoms with Crippen LogP contribution in [-0.2, 0) is 0 Å². The highest BCUT2D eigenvalue weighted by Crippen LogP contribution is 2.16. The Kier molecular flexibility index (Phi) is 6.89. The first-order valence-corrected chi connectivity index (χ1v) is 9.14. The van der Waals surface area contributed by atoms with Gasteiger partial charge in [0.15, 0.2) is 5.11 Å². The normalized spacial score (nSPS) is 10.2. The first kappa shape index (κ1) is 19.3. The van der Waals surface area contributed by atoms with Gasteiger partial charge in [-0.25, -0.2) is 0 Å². The van der Waals surface area contributed by atoms with Crippen molar-refractivity contribution in [2.75, 3.05) is 5.32 Å². The van der Waals surface area contributed by atoms with Crippen molar-refractivity contribution in [1.82, 2.24) is 10.6 Å². The maximum Gasteiger partial charge on any atom is 0.258 e. The number of carbonyl (C=O) groups excluding carboxylic acids is 2. The highest BCUT2D eigenvalue weighted by Gasteiger charge is 2.15. The molecule has 5 nitrogen and oxygen atoms in total. The SMILES string of the molecule is CC(C)NC(=O)c1ccccc1NC(=S)NC(=O)c1ccccc1I. The fourth-order valence-electron chi connectivity index (χ4n) is 2.10. The van der Waals surface area contributed by atoms with Crippen molar-refractivity contribution in [3.05, 3.63) is 63.2 Å². The minimum atomic E-state index is -0.299. The number of para-hydroxylation sites is 1. The molecule has 0 fully saturated rings. The van der Waals surface area contributed by atoms with E-state index in [9.17, 15) is 9.59 Å². The molecule has 7 heteroatoms. The molecule has 2 aromatic carbocycles. The third-order valence-corrected chi connectivity index (χ3v) is 4.33. The van der Waals surface area contributed by atoms with E-state index in [1.165, 1.54) is 0 Å². The average molecular weight is 467 g/mol. The number of hydrogen-bond donors (Lipinski definition) is 3. The van der Waals surface area contributed by atoms with Gasteiger partial charge in [-0.3, -0.25) is 14.9 Å². The predicted molar refractivity (Wildman–Crippen MR) is 112 cm³/mol. The van der Waals surface area contributed by atoms with Crippen LogP contribution in [0.1, 0.15) is 34.6 Å². The molecule has 0 aliphatic carbocycles. The van der Waals surface area contributed by atoms with Crippen LogP contribution in [0.3, 0.4) is 0 Å². The fraction of sp³-hybridized carbons (Fsp3) is 0.167. The van der Waals surface area contributed by atoms with Crippen molar-refractivity contribution < 1.29 is 9.59 Å². The zero-order valence-corrected chi connectivity index (χ0v) is 16.8. The summed E-state index contributed by atoms with van der Waals surface area (Å²) < 4.78 is 0.831. The maximum absolute atomic E-state index is 12.3. The first-order valence-electron chi connectivity index (χ1n) is 7.65. The average Bonchev–Trinajstić information content (AvgIpc) is 2.54. The van der Waals surface area contributed by atoms with Gasteiger partial charge in [0.1, 0.15) is 0 Å². The number of halogens is 1. The van der Waals surface area contributed by atoms with E-state index in [1.807, 2.05) is 26.0 Å². The molecular formula is C18H18IN3O2S. The van der Waals surface area contributed by atoms with Gasteiger partial charge in [0, 0.05) is 9.61 Å². The van der Waals surface area contributed by atoms with Gasteiger partial charge >= 0.3 is 0 Å². The van der Waals surface area contributed by atoms with Gasteiger partial charge in [-0.2, -0.15) is 0 Å². The molecule has 0 unspecified atom stereocenters. The first-order chi connectivity index (χ1) is 11.9. The summed E-state index contributed by atoms with van der Waals surface area (Å²) in [6.45, 7) is 3.78. The van der Waals surface area contributed by atoms with Crippen LogP contribution in [-0.4, -0.2) is 23.0 Å². The second kappa shape index (κ2) is 8.91. The van der Waals surface area contributed by atoms with Gasteiger partial charge in [0.05, 0.1) is 16.8 Å². The second-order valence-electron chi connectivity index (χ2n) is 5.56. The lowest BCUT2D eigenvalue weighted by Gasteiger charge is -2.15. The molecule has 0 aliphatic rings. The standard InChI is InChI=1S/C18H18IN3O2S/c1-11(2)20-17(24)13-8-4-6-10-15(13)21-18(25)22-16(23)12-7-3-5-9-14(12)19/h3-11H,1-2H3,(H,20,24)(H2,21,22,23,25). The Morgan fingerprint density at radius 1 is 0.960 bits per heavy atom. The van der Waals surface area contributed by atoms with Crippen LogP contribution >= 0.6 is 34.8 Å². The monoisotopic (exact) mass is 467 g/mol. The Morgan fingerprint density at radius 2 is 1.56 bits per heavy atom. The van der Waals surface area contributed by atoms with Crippen LogP contribution in [0.4, 0.5) is 5.69 Å². The molecule has 130 valence electrons. The maximum atomic E-state index is 12.3. The molecule has 0 spiro atoms. The highest BCUT2D eigenvalue weighted by molar-refractivity contribution is 14.1. The van der Waals surface area contributed by atoms with Crippen molar-refractivity contribution in [2.45, 2.75) is 19.9 Å². The Labute approximate surface area is 165 Å². The summed E-state index contributed by atoms with van der Waals surface area (Å²) in [6, 6.07) is 14.2. The van der Waals surface area contributed by atoms with E-state index in [2.05, 4.69) is 38.5 Å². The largest absolute Gasteiger partial charge is 0.350 e. The Balaban J connectivity index is 2.10. The summed E-state index contributed by atoms with van der Waals surface area (Å²) in [7, 11) is 0. The number of amides is 2. The molecule has 0 saturated heterocycles. The molecule has 25 heavy (non-hydrogen) atoms. The van der Waals surface area contributed by atoms with E-state index in [-0.39, 0.29) is 23.0 Å². The smallest absolute Gasteiger partial charge is 0.258 e. The Morgan fingerprint density at radius 3 is 2.20 bits per heavy atom. The summed E-state index contributed by atoms with van der Waals surface area (Å²) in [6.07, 6.45) is 0. The van der Waals surface area contributed by atoms with Crippen molar-refractivity contribution >= 4 is 57.4 Å². The summed E-state index contributed by atoms with van der Waals surface area (Å²) in [5, 5.41) is 8.53. The number of nitrogens with one attached hydrogen (secondary N) is 3. The molecule has 2 amide bonds. The van der Waals surface area contributed by atoms with E-state index in [0.29, 0.717) is 16.8 Å². The van der Waals surface area contributed by atoms with Gasteiger partial charge < -0.3 is 10.6 Å². The topological polar surface area (TPSA) is 70.2 Å². The van der Waals surface area contributed by atoms with Gasteiger partial charge in [-0.15, -0.1) is 0 Å². The van der Waals surface area contributed by atoms with Gasteiger partial charge in [0.2, 0.25) is 0 Å². The van der Waals surface area contributed by atoms with Crippen LogP contribution in [0.15, 0.2) is 48.5 Å². The third-order valence-electron chi connectivity index (χ3n) is 3.19. The lowest BCUT2D eigenvalue weighted by atomic mass is 10.1. The fourth-order valence-corrected chi connectivity index (χ4v) is 2.93. The van der Waals surface area contributed by atoms with Gasteiger partial charge in [0.25, 0.3) is 11.8 Å². The van der Waals surface area contributed by atoms with Crippen LogP contribution < -0.4 is 16.0 Å². The lowest BCUT2D eigenvalue weighted by Crippen LogP contribution is -2.36. The second-order valence-corrected chi connectivity index (χ2v) is 7.13. The van der Waals surface area contributed by atoms with Crippen molar-refractivity contribution in [3.63, 3.8) is 0 Å². The molecule has 0 atom stereocenters. The van der Waals surface area contributed by atoms with E-state index in [4.69, 9.17) is 12.2 Å². The molecule has 2 rings (SSSR count). The molecule has 2 aromatic rings. The number of thiocarbonyl (C=S) groups is 1. The van der Waals surface area contributed by atoms with E-state index in [0.717, 1.165) is 3.57 Å². The van der Waals surface area contributed by atoms with E-state index < -0.39 is 0 Å². The zero-order valence-electron chi connectivity index (χ0n) is 13.8. The summed E-state index contributed by atoms with van der Waals surface area (Å²) >= 11 is 7.31. The quantitative estimate of drug-likeness (QED) is 0.475. The molecule has 0 bridgehead atoms. The van der Waals surface area contributed by atoms with Crippen LogP contribution in [0.25, 0.3) is 0 Å². The number of benzene rings is 2. The summed E-state index contributed by atoms with van der Waals surface area (Å²) in [4.78, 5) is 24.6. The third kappa shape index (κ3) is 5.50. The molecule has 0 radical (unpaired) electrons. The molecule has 0 heterocycles. The molecule has 0 saturated carbocycles. The molecular weight excluding hydrogens is 449 g/mol. The van der Waals surface area contributed by atoms with Gasteiger partial charge in [-0.05, 0) is 72.9 Å². The van der Waals surface area contributed by atoms with Crippen molar-refractivity contribution in [3.8, 4) is 0 Å². The zero-order chi connectivity index (χ0) is 18.4.